The van der Waals surface area contributed by atoms with Crippen LogP contribution in [0.3, 0.4) is 0 Å². The number of benzene rings is 1. The average Bonchev–Trinajstić information content (AvgIpc) is 3.23. The highest BCUT2D eigenvalue weighted by molar-refractivity contribution is 14.0. The number of aliphatic imine (C=N–C) groups is 1. The third-order valence-corrected chi connectivity index (χ3v) is 4.00. The second kappa shape index (κ2) is 8.79. The molecule has 2 rings (SSSR count). The number of nitrogens with two attached hydrogens (primary N) is 1. The molecule has 3 N–H and O–H groups in total. The molecular weight excluding hydrogens is 415 g/mol. The maximum atomic E-state index is 6.08. The van der Waals surface area contributed by atoms with Gasteiger partial charge >= 0.3 is 0 Å². The molecule has 0 bridgehead atoms. The Bertz CT molecular complexity index is 518. The highest BCUT2D eigenvalue weighted by Crippen LogP contribution is 2.34. The minimum absolute atomic E-state index is 0. The summed E-state index contributed by atoms with van der Waals surface area (Å²) in [5.74, 6) is 1.80. The maximum absolute atomic E-state index is 6.08. The van der Waals surface area contributed by atoms with Crippen molar-refractivity contribution in [2.75, 3.05) is 33.1 Å². The van der Waals surface area contributed by atoms with Crippen LogP contribution in [-0.4, -0.2) is 44.7 Å². The van der Waals surface area contributed by atoms with Gasteiger partial charge in [-0.05, 0) is 51.1 Å². The number of halogens is 2. The van der Waals surface area contributed by atoms with Crippen molar-refractivity contribution in [3.8, 4) is 5.75 Å². The van der Waals surface area contributed by atoms with Crippen LogP contribution in [0.1, 0.15) is 12.8 Å². The molecular formula is C15H24ClIN4O. The third-order valence-electron chi connectivity index (χ3n) is 3.70. The van der Waals surface area contributed by atoms with Crippen molar-refractivity contribution in [2.45, 2.75) is 18.9 Å². The average molecular weight is 439 g/mol. The summed E-state index contributed by atoms with van der Waals surface area (Å²) in [4.78, 5) is 6.66. The van der Waals surface area contributed by atoms with E-state index in [4.69, 9.17) is 22.1 Å². The van der Waals surface area contributed by atoms with Crippen molar-refractivity contribution in [1.82, 2.24) is 4.90 Å². The SMILES string of the molecule is COc1ccc(NC(N)=NCC(C2CC2)N(C)C)cc1Cl.I. The van der Waals surface area contributed by atoms with Crippen molar-refractivity contribution >= 4 is 47.2 Å². The van der Waals surface area contributed by atoms with Gasteiger partial charge in [0.2, 0.25) is 0 Å². The van der Waals surface area contributed by atoms with Gasteiger partial charge in [-0.15, -0.1) is 24.0 Å². The summed E-state index contributed by atoms with van der Waals surface area (Å²) in [6, 6.07) is 5.89. The number of nitrogens with zero attached hydrogens (tertiary/aromatic N) is 2. The molecule has 1 aliphatic carbocycles. The fourth-order valence-corrected chi connectivity index (χ4v) is 2.60. The molecule has 1 saturated carbocycles. The number of nitrogens with one attached hydrogen (secondary N) is 1. The van der Waals surface area contributed by atoms with Crippen LogP contribution in [0.15, 0.2) is 23.2 Å². The molecule has 0 amide bonds. The van der Waals surface area contributed by atoms with E-state index in [1.807, 2.05) is 6.07 Å². The lowest BCUT2D eigenvalue weighted by Crippen LogP contribution is -2.34. The van der Waals surface area contributed by atoms with Crippen molar-refractivity contribution in [2.24, 2.45) is 16.6 Å². The lowest BCUT2D eigenvalue weighted by atomic mass is 10.2. The van der Waals surface area contributed by atoms with Gasteiger partial charge in [0.25, 0.3) is 0 Å². The van der Waals surface area contributed by atoms with E-state index in [2.05, 4.69) is 29.3 Å². The first-order valence-electron chi connectivity index (χ1n) is 7.08. The van der Waals surface area contributed by atoms with Gasteiger partial charge in [0.15, 0.2) is 5.96 Å². The lowest BCUT2D eigenvalue weighted by molar-refractivity contribution is 0.271. The zero-order valence-corrected chi connectivity index (χ0v) is 16.3. The molecule has 0 aromatic heterocycles. The Labute approximate surface area is 154 Å². The van der Waals surface area contributed by atoms with Crippen molar-refractivity contribution in [1.29, 1.82) is 0 Å². The van der Waals surface area contributed by atoms with Gasteiger partial charge in [-0.25, -0.2) is 0 Å². The highest BCUT2D eigenvalue weighted by atomic mass is 127. The smallest absolute Gasteiger partial charge is 0.193 e. The lowest BCUT2D eigenvalue weighted by Gasteiger charge is -2.22. The van der Waals surface area contributed by atoms with Gasteiger partial charge in [-0.3, -0.25) is 4.99 Å². The molecule has 124 valence electrons. The molecule has 1 unspecified atom stereocenters. The fourth-order valence-electron chi connectivity index (χ4n) is 2.34. The Morgan fingerprint density at radius 2 is 2.18 bits per heavy atom. The predicted octanol–water partition coefficient (Wildman–Crippen LogP) is 3.03. The molecule has 1 aromatic carbocycles. The summed E-state index contributed by atoms with van der Waals surface area (Å²) in [6.07, 6.45) is 2.58. The fraction of sp³-hybridized carbons (Fsp3) is 0.533. The molecule has 0 aliphatic heterocycles. The number of guanidine groups is 1. The van der Waals surface area contributed by atoms with Gasteiger partial charge in [0.1, 0.15) is 5.75 Å². The van der Waals surface area contributed by atoms with E-state index in [0.29, 0.717) is 29.3 Å². The van der Waals surface area contributed by atoms with Gasteiger partial charge < -0.3 is 20.7 Å². The van der Waals surface area contributed by atoms with E-state index in [-0.39, 0.29) is 24.0 Å². The summed E-state index contributed by atoms with van der Waals surface area (Å²) in [5.41, 5.74) is 6.74. The van der Waals surface area contributed by atoms with Crippen molar-refractivity contribution in [3.63, 3.8) is 0 Å². The molecule has 1 aromatic rings. The number of rotatable bonds is 6. The van der Waals surface area contributed by atoms with Crippen LogP contribution in [0.4, 0.5) is 5.69 Å². The Morgan fingerprint density at radius 1 is 1.50 bits per heavy atom. The summed E-state index contributed by atoms with van der Waals surface area (Å²) in [5, 5.41) is 3.60. The van der Waals surface area contributed by atoms with Crippen LogP contribution in [-0.2, 0) is 0 Å². The van der Waals surface area contributed by atoms with Gasteiger partial charge in [-0.2, -0.15) is 0 Å². The summed E-state index contributed by atoms with van der Waals surface area (Å²) in [7, 11) is 5.76. The van der Waals surface area contributed by atoms with Crippen LogP contribution in [0.5, 0.6) is 5.75 Å². The number of likely N-dealkylation sites (N-methyl/N-ethyl adjacent to an activating group) is 1. The van der Waals surface area contributed by atoms with E-state index >= 15 is 0 Å². The largest absolute Gasteiger partial charge is 0.495 e. The first kappa shape index (κ1) is 19.3. The van der Waals surface area contributed by atoms with E-state index in [9.17, 15) is 0 Å². The Morgan fingerprint density at radius 3 is 2.68 bits per heavy atom. The Kier molecular flexibility index (Phi) is 7.71. The monoisotopic (exact) mass is 438 g/mol. The molecule has 0 saturated heterocycles. The van der Waals surface area contributed by atoms with Crippen molar-refractivity contribution in [3.05, 3.63) is 23.2 Å². The van der Waals surface area contributed by atoms with Gasteiger partial charge in [0.05, 0.1) is 18.7 Å². The molecule has 0 radical (unpaired) electrons. The molecule has 5 nitrogen and oxygen atoms in total. The van der Waals surface area contributed by atoms with Gasteiger partial charge in [-0.1, -0.05) is 11.6 Å². The predicted molar refractivity (Wildman–Crippen MR) is 104 cm³/mol. The Hall–Kier alpha value is -0.730. The maximum Gasteiger partial charge on any atom is 0.193 e. The van der Waals surface area contributed by atoms with Crippen LogP contribution >= 0.6 is 35.6 Å². The number of anilines is 1. The summed E-state index contributed by atoms with van der Waals surface area (Å²) in [6.45, 7) is 0.709. The van der Waals surface area contributed by atoms with Crippen LogP contribution < -0.4 is 15.8 Å². The second-order valence-corrected chi connectivity index (χ2v) is 5.98. The minimum Gasteiger partial charge on any atom is -0.495 e. The number of hydrogen-bond donors (Lipinski definition) is 2. The highest BCUT2D eigenvalue weighted by Gasteiger charge is 2.32. The molecule has 1 atom stereocenters. The van der Waals surface area contributed by atoms with Gasteiger partial charge in [0, 0.05) is 11.7 Å². The van der Waals surface area contributed by atoms with Crippen LogP contribution in [0.2, 0.25) is 5.02 Å². The zero-order valence-electron chi connectivity index (χ0n) is 13.2. The topological polar surface area (TPSA) is 62.9 Å². The van der Waals surface area contributed by atoms with Crippen LogP contribution in [0.25, 0.3) is 0 Å². The molecule has 0 heterocycles. The first-order chi connectivity index (χ1) is 10.0. The summed E-state index contributed by atoms with van der Waals surface area (Å²) < 4.78 is 5.12. The minimum atomic E-state index is 0. The van der Waals surface area contributed by atoms with E-state index in [1.165, 1.54) is 12.8 Å². The van der Waals surface area contributed by atoms with E-state index in [1.54, 1.807) is 19.2 Å². The molecule has 0 spiro atoms. The summed E-state index contributed by atoms with van der Waals surface area (Å²) >= 11 is 6.08. The molecule has 1 aliphatic rings. The van der Waals surface area contributed by atoms with Crippen LogP contribution in [0, 0.1) is 5.92 Å². The quantitative estimate of drug-likeness (QED) is 0.407. The zero-order chi connectivity index (χ0) is 15.4. The number of ether oxygens (including phenoxy) is 1. The van der Waals surface area contributed by atoms with E-state index < -0.39 is 0 Å². The molecule has 22 heavy (non-hydrogen) atoms. The number of hydrogen-bond acceptors (Lipinski definition) is 3. The molecule has 1 fully saturated rings. The van der Waals surface area contributed by atoms with Crippen molar-refractivity contribution < 1.29 is 4.74 Å². The number of methoxy groups -OCH3 is 1. The molecule has 7 heteroatoms. The van der Waals surface area contributed by atoms with E-state index in [0.717, 1.165) is 11.6 Å². The standard InChI is InChI=1S/C15H23ClN4O.HI/c1-20(2)13(10-4-5-10)9-18-15(17)19-11-6-7-14(21-3)12(16)8-11;/h6-8,10,13H,4-5,9H2,1-3H3,(H3,17,18,19);1H. The first-order valence-corrected chi connectivity index (χ1v) is 7.46. The second-order valence-electron chi connectivity index (χ2n) is 5.57. The normalized spacial score (nSPS) is 16.1. The Balaban J connectivity index is 0.00000242. The third kappa shape index (κ3) is 5.48.